The molecule has 2 aromatic heterocycles. The Morgan fingerprint density at radius 2 is 2.04 bits per heavy atom. The zero-order valence-electron chi connectivity index (χ0n) is 14.6. The van der Waals surface area contributed by atoms with Gasteiger partial charge in [-0.2, -0.15) is 11.8 Å². The number of aromatic nitrogens is 2. The van der Waals surface area contributed by atoms with Crippen LogP contribution in [0, 0.1) is 0 Å². The minimum atomic E-state index is -0.264. The van der Waals surface area contributed by atoms with Crippen molar-refractivity contribution in [1.29, 1.82) is 0 Å². The van der Waals surface area contributed by atoms with Crippen LogP contribution in [0.25, 0.3) is 10.2 Å². The second-order valence-electron chi connectivity index (χ2n) is 5.80. The number of carbonyl (C=O) groups excluding carboxylic acids is 2. The summed E-state index contributed by atoms with van der Waals surface area (Å²) in [5.41, 5.74) is 1.51. The van der Waals surface area contributed by atoms with Crippen LogP contribution < -0.4 is 10.6 Å². The quantitative estimate of drug-likeness (QED) is 0.642. The fourth-order valence-electron chi connectivity index (χ4n) is 2.65. The first-order valence-corrected chi connectivity index (χ1v) is 10.4. The molecule has 0 radical (unpaired) electrons. The number of carbonyl (C=O) groups is 2. The van der Waals surface area contributed by atoms with Crippen LogP contribution in [0.5, 0.6) is 0 Å². The molecular formula is C18H20N4O2S2. The number of nitrogens with zero attached hydrogens (tertiary/aromatic N) is 2. The lowest BCUT2D eigenvalue weighted by molar-refractivity contribution is -0.119. The van der Waals surface area contributed by atoms with E-state index < -0.39 is 0 Å². The van der Waals surface area contributed by atoms with Crippen molar-refractivity contribution in [2.75, 3.05) is 22.6 Å². The van der Waals surface area contributed by atoms with Crippen molar-refractivity contribution in [3.05, 3.63) is 42.7 Å². The van der Waals surface area contributed by atoms with Crippen molar-refractivity contribution >= 4 is 55.9 Å². The molecule has 1 atom stereocenters. The topological polar surface area (TPSA) is 76.0 Å². The number of thiazole rings is 1. The Hall–Kier alpha value is -2.32. The molecule has 2 amide bonds. The van der Waals surface area contributed by atoms with Crippen molar-refractivity contribution in [1.82, 2.24) is 9.55 Å². The van der Waals surface area contributed by atoms with Gasteiger partial charge < -0.3 is 15.2 Å². The predicted molar refractivity (Wildman–Crippen MR) is 109 cm³/mol. The Kier molecular flexibility index (Phi) is 5.95. The average molecular weight is 389 g/mol. The standard InChI is InChI=1S/C18H20N4O2S2/c1-12(23)19-13-5-6-14-16(11-13)26-18(20-14)21-17(24)15(7-10-25-2)22-8-3-4-9-22/h3-6,8-9,11,15H,7,10H2,1-2H3,(H,19,23)(H,20,21,24)/t15-/m1/s1. The number of benzene rings is 1. The van der Waals surface area contributed by atoms with Gasteiger partial charge in [0.05, 0.1) is 10.2 Å². The number of hydrogen-bond acceptors (Lipinski definition) is 5. The Morgan fingerprint density at radius 3 is 2.73 bits per heavy atom. The molecule has 0 aliphatic rings. The third kappa shape index (κ3) is 4.44. The van der Waals surface area contributed by atoms with E-state index in [0.29, 0.717) is 5.13 Å². The molecule has 8 heteroatoms. The minimum Gasteiger partial charge on any atom is -0.342 e. The van der Waals surface area contributed by atoms with Gasteiger partial charge in [-0.05, 0) is 48.8 Å². The number of amides is 2. The summed E-state index contributed by atoms with van der Waals surface area (Å²) in [6.45, 7) is 1.47. The molecule has 136 valence electrons. The summed E-state index contributed by atoms with van der Waals surface area (Å²) in [5, 5.41) is 6.26. The highest BCUT2D eigenvalue weighted by molar-refractivity contribution is 7.98. The van der Waals surface area contributed by atoms with E-state index in [9.17, 15) is 9.59 Å². The van der Waals surface area contributed by atoms with Gasteiger partial charge in [-0.3, -0.25) is 9.59 Å². The van der Waals surface area contributed by atoms with Crippen molar-refractivity contribution in [3.63, 3.8) is 0 Å². The van der Waals surface area contributed by atoms with Gasteiger partial charge in [0.25, 0.3) is 0 Å². The van der Waals surface area contributed by atoms with E-state index in [4.69, 9.17) is 0 Å². The van der Waals surface area contributed by atoms with Crippen LogP contribution in [0.1, 0.15) is 19.4 Å². The highest BCUT2D eigenvalue weighted by Gasteiger charge is 2.20. The number of nitrogens with one attached hydrogen (secondary N) is 2. The van der Waals surface area contributed by atoms with Gasteiger partial charge in [0.1, 0.15) is 6.04 Å². The van der Waals surface area contributed by atoms with E-state index in [-0.39, 0.29) is 17.9 Å². The van der Waals surface area contributed by atoms with Gasteiger partial charge in [0, 0.05) is 25.0 Å². The van der Waals surface area contributed by atoms with Gasteiger partial charge in [-0.25, -0.2) is 4.98 Å². The molecule has 3 rings (SSSR count). The zero-order chi connectivity index (χ0) is 18.5. The summed E-state index contributed by atoms with van der Waals surface area (Å²) in [7, 11) is 0. The van der Waals surface area contributed by atoms with Gasteiger partial charge >= 0.3 is 0 Å². The van der Waals surface area contributed by atoms with Crippen LogP contribution in [0.4, 0.5) is 10.8 Å². The molecule has 3 aromatic rings. The average Bonchev–Trinajstić information content (AvgIpc) is 3.23. The number of rotatable bonds is 7. The first-order chi connectivity index (χ1) is 12.6. The van der Waals surface area contributed by atoms with Gasteiger partial charge in [-0.1, -0.05) is 11.3 Å². The molecule has 0 aliphatic heterocycles. The van der Waals surface area contributed by atoms with Gasteiger partial charge in [0.15, 0.2) is 5.13 Å². The molecule has 0 spiro atoms. The van der Waals surface area contributed by atoms with Crippen LogP contribution in [0.2, 0.25) is 0 Å². The molecule has 6 nitrogen and oxygen atoms in total. The maximum atomic E-state index is 12.8. The Morgan fingerprint density at radius 1 is 1.27 bits per heavy atom. The highest BCUT2D eigenvalue weighted by Crippen LogP contribution is 2.29. The smallest absolute Gasteiger partial charge is 0.249 e. The molecule has 0 saturated carbocycles. The lowest BCUT2D eigenvalue weighted by atomic mass is 10.2. The second-order valence-corrected chi connectivity index (χ2v) is 7.82. The third-order valence-electron chi connectivity index (χ3n) is 3.82. The van der Waals surface area contributed by atoms with E-state index in [0.717, 1.165) is 28.1 Å². The summed E-state index contributed by atoms with van der Waals surface area (Å²) < 4.78 is 2.83. The molecule has 2 N–H and O–H groups in total. The summed E-state index contributed by atoms with van der Waals surface area (Å²) in [4.78, 5) is 28.4. The molecule has 0 bridgehead atoms. The van der Waals surface area contributed by atoms with Crippen LogP contribution in [-0.2, 0) is 9.59 Å². The second kappa shape index (κ2) is 8.37. The maximum Gasteiger partial charge on any atom is 0.249 e. The Labute approximate surface area is 160 Å². The van der Waals surface area contributed by atoms with Crippen LogP contribution in [0.3, 0.4) is 0 Å². The van der Waals surface area contributed by atoms with E-state index >= 15 is 0 Å². The van der Waals surface area contributed by atoms with Crippen LogP contribution in [-0.4, -0.2) is 33.4 Å². The minimum absolute atomic E-state index is 0.0728. The summed E-state index contributed by atoms with van der Waals surface area (Å²) in [5.74, 6) is 0.707. The lowest BCUT2D eigenvalue weighted by Crippen LogP contribution is -2.25. The van der Waals surface area contributed by atoms with Crippen molar-refractivity contribution < 1.29 is 9.59 Å². The first-order valence-electron chi connectivity index (χ1n) is 8.17. The van der Waals surface area contributed by atoms with E-state index in [1.807, 2.05) is 47.5 Å². The van der Waals surface area contributed by atoms with Crippen molar-refractivity contribution in [3.8, 4) is 0 Å². The number of hydrogen-bond donors (Lipinski definition) is 2. The zero-order valence-corrected chi connectivity index (χ0v) is 16.2. The number of thioether (sulfide) groups is 1. The number of fused-ring (bicyclic) bond motifs is 1. The van der Waals surface area contributed by atoms with E-state index in [1.54, 1.807) is 17.8 Å². The molecule has 0 fully saturated rings. The fourth-order valence-corrected chi connectivity index (χ4v) is 4.02. The summed E-state index contributed by atoms with van der Waals surface area (Å²) in [6, 6.07) is 9.07. The lowest BCUT2D eigenvalue weighted by Gasteiger charge is -2.17. The predicted octanol–water partition coefficient (Wildman–Crippen LogP) is 3.99. The Balaban J connectivity index is 1.77. The maximum absolute atomic E-state index is 12.8. The van der Waals surface area contributed by atoms with Crippen LogP contribution in [0.15, 0.2) is 42.7 Å². The third-order valence-corrected chi connectivity index (χ3v) is 5.40. The molecule has 26 heavy (non-hydrogen) atoms. The fraction of sp³-hybridized carbons (Fsp3) is 0.278. The Bertz CT molecular complexity index is 905. The molecule has 0 saturated heterocycles. The van der Waals surface area contributed by atoms with E-state index in [1.165, 1.54) is 18.3 Å². The van der Waals surface area contributed by atoms with Crippen LogP contribution >= 0.6 is 23.1 Å². The molecule has 0 aliphatic carbocycles. The molecule has 0 unspecified atom stereocenters. The first kappa shape index (κ1) is 18.5. The van der Waals surface area contributed by atoms with Gasteiger partial charge in [0.2, 0.25) is 11.8 Å². The SMILES string of the molecule is CSCC[C@H](C(=O)Nc1nc2ccc(NC(C)=O)cc2s1)n1cccc1. The van der Waals surface area contributed by atoms with Gasteiger partial charge in [-0.15, -0.1) is 0 Å². The van der Waals surface area contributed by atoms with E-state index in [2.05, 4.69) is 15.6 Å². The molecule has 1 aromatic carbocycles. The molecular weight excluding hydrogens is 368 g/mol. The largest absolute Gasteiger partial charge is 0.342 e. The van der Waals surface area contributed by atoms with Crippen molar-refractivity contribution in [2.45, 2.75) is 19.4 Å². The summed E-state index contributed by atoms with van der Waals surface area (Å²) >= 11 is 3.12. The normalized spacial score (nSPS) is 12.1. The summed E-state index contributed by atoms with van der Waals surface area (Å²) in [6.07, 6.45) is 6.59. The van der Waals surface area contributed by atoms with Crippen molar-refractivity contribution in [2.24, 2.45) is 0 Å². The highest BCUT2D eigenvalue weighted by atomic mass is 32.2. The molecule has 2 heterocycles. The monoisotopic (exact) mass is 388 g/mol. The number of anilines is 2.